The summed E-state index contributed by atoms with van der Waals surface area (Å²) in [6, 6.07) is 6.73. The lowest BCUT2D eigenvalue weighted by Crippen LogP contribution is -1.83. The van der Waals surface area contributed by atoms with Crippen LogP contribution in [-0.4, -0.2) is 10.9 Å². The zero-order valence-corrected chi connectivity index (χ0v) is 10.9. The molecule has 1 aromatic carbocycles. The van der Waals surface area contributed by atoms with Gasteiger partial charge < -0.3 is 4.42 Å². The maximum Gasteiger partial charge on any atom is 0.196 e. The van der Waals surface area contributed by atoms with E-state index in [0.717, 1.165) is 15.0 Å². The van der Waals surface area contributed by atoms with Crippen LogP contribution in [0.2, 0.25) is 0 Å². The molecule has 0 saturated carbocycles. The van der Waals surface area contributed by atoms with Crippen molar-refractivity contribution in [2.24, 2.45) is 0 Å². The van der Waals surface area contributed by atoms with Crippen LogP contribution in [0, 0.1) is 5.82 Å². The number of rotatable bonds is 3. The van der Waals surface area contributed by atoms with Gasteiger partial charge in [-0.15, -0.1) is 22.9 Å². The molecule has 2 heterocycles. The molecule has 0 fully saturated rings. The predicted octanol–water partition coefficient (Wildman–Crippen LogP) is 4.48. The van der Waals surface area contributed by atoms with Gasteiger partial charge in [-0.25, -0.2) is 9.37 Å². The number of aromatic nitrogens is 1. The van der Waals surface area contributed by atoms with Crippen molar-refractivity contribution >= 4 is 33.0 Å². The van der Waals surface area contributed by atoms with Crippen LogP contribution in [0.1, 0.15) is 5.89 Å². The Bertz CT molecular complexity index is 691. The highest BCUT2D eigenvalue weighted by Gasteiger charge is 2.10. The minimum absolute atomic E-state index is 0.226. The third-order valence-corrected chi connectivity index (χ3v) is 3.89. The molecule has 5 heteroatoms. The summed E-state index contributed by atoms with van der Waals surface area (Å²) in [5, 5.41) is 1.01. The Hall–Kier alpha value is -1.39. The normalized spacial score (nSPS) is 11.2. The monoisotopic (exact) mass is 281 g/mol. The van der Waals surface area contributed by atoms with Crippen molar-refractivity contribution in [1.29, 1.82) is 0 Å². The van der Waals surface area contributed by atoms with Gasteiger partial charge in [0.2, 0.25) is 0 Å². The molecular formula is C13H9ClFNOS. The Balaban J connectivity index is 2.02. The van der Waals surface area contributed by atoms with E-state index in [0.29, 0.717) is 24.0 Å². The highest BCUT2D eigenvalue weighted by atomic mass is 35.5. The molecular weight excluding hydrogens is 273 g/mol. The lowest BCUT2D eigenvalue weighted by Gasteiger charge is -1.89. The van der Waals surface area contributed by atoms with Crippen LogP contribution in [0.4, 0.5) is 4.39 Å². The molecule has 0 bridgehead atoms. The van der Waals surface area contributed by atoms with Gasteiger partial charge in [-0.2, -0.15) is 0 Å². The summed E-state index contributed by atoms with van der Waals surface area (Å²) in [7, 11) is 0. The maximum atomic E-state index is 13.1. The lowest BCUT2D eigenvalue weighted by molar-refractivity contribution is 0.516. The fourth-order valence-corrected chi connectivity index (χ4v) is 2.94. The smallest absolute Gasteiger partial charge is 0.196 e. The first kappa shape index (κ1) is 11.7. The standard InChI is InChI=1S/C13H9ClFNOS/c14-4-3-13-16-7-10(17-13)12-5-8-1-2-9(15)6-11(8)18-12/h1-2,5-7H,3-4H2. The minimum atomic E-state index is -0.226. The first-order valence-corrected chi connectivity index (χ1v) is 6.81. The number of halogens is 2. The molecule has 0 aliphatic heterocycles. The van der Waals surface area contributed by atoms with E-state index < -0.39 is 0 Å². The number of hydrogen-bond donors (Lipinski definition) is 0. The van der Waals surface area contributed by atoms with Gasteiger partial charge >= 0.3 is 0 Å². The quantitative estimate of drug-likeness (QED) is 0.662. The molecule has 0 atom stereocenters. The van der Waals surface area contributed by atoms with Crippen LogP contribution < -0.4 is 0 Å². The summed E-state index contributed by atoms with van der Waals surface area (Å²) in [6.45, 7) is 0. The van der Waals surface area contributed by atoms with Crippen LogP contribution in [0.5, 0.6) is 0 Å². The maximum absolute atomic E-state index is 13.1. The molecule has 0 aliphatic carbocycles. The zero-order valence-electron chi connectivity index (χ0n) is 9.32. The molecule has 0 unspecified atom stereocenters. The van der Waals surface area contributed by atoms with Gasteiger partial charge in [0, 0.05) is 17.0 Å². The summed E-state index contributed by atoms with van der Waals surface area (Å²) in [5.41, 5.74) is 0. The molecule has 0 saturated heterocycles. The second-order valence-electron chi connectivity index (χ2n) is 3.85. The van der Waals surface area contributed by atoms with Crippen molar-refractivity contribution in [1.82, 2.24) is 4.98 Å². The number of alkyl halides is 1. The van der Waals surface area contributed by atoms with E-state index in [1.54, 1.807) is 12.3 Å². The zero-order chi connectivity index (χ0) is 12.5. The number of thiophene rings is 1. The number of fused-ring (bicyclic) bond motifs is 1. The average Bonchev–Trinajstić information content (AvgIpc) is 2.94. The summed E-state index contributed by atoms with van der Waals surface area (Å²) < 4.78 is 19.6. The molecule has 3 rings (SSSR count). The Morgan fingerprint density at radius 1 is 1.33 bits per heavy atom. The van der Waals surface area contributed by atoms with E-state index in [9.17, 15) is 4.39 Å². The largest absolute Gasteiger partial charge is 0.440 e. The van der Waals surface area contributed by atoms with Gasteiger partial charge in [0.1, 0.15) is 5.82 Å². The highest BCUT2D eigenvalue weighted by molar-refractivity contribution is 7.22. The van der Waals surface area contributed by atoms with Crippen molar-refractivity contribution in [2.45, 2.75) is 6.42 Å². The summed E-state index contributed by atoms with van der Waals surface area (Å²) >= 11 is 7.12. The van der Waals surface area contributed by atoms with Gasteiger partial charge in [-0.05, 0) is 23.6 Å². The fraction of sp³-hybridized carbons (Fsp3) is 0.154. The molecule has 92 valence electrons. The predicted molar refractivity (Wildman–Crippen MR) is 71.7 cm³/mol. The van der Waals surface area contributed by atoms with Crippen LogP contribution in [-0.2, 0) is 6.42 Å². The van der Waals surface area contributed by atoms with Crippen molar-refractivity contribution in [3.8, 4) is 10.6 Å². The fourth-order valence-electron chi connectivity index (χ4n) is 1.75. The SMILES string of the molecule is Fc1ccc2cc(-c3cnc(CCCl)o3)sc2c1. The van der Waals surface area contributed by atoms with E-state index in [1.165, 1.54) is 23.5 Å². The van der Waals surface area contributed by atoms with E-state index >= 15 is 0 Å². The molecule has 3 aromatic rings. The van der Waals surface area contributed by atoms with E-state index in [-0.39, 0.29) is 5.82 Å². The third kappa shape index (κ3) is 2.13. The third-order valence-electron chi connectivity index (χ3n) is 2.59. The highest BCUT2D eigenvalue weighted by Crippen LogP contribution is 2.34. The van der Waals surface area contributed by atoms with E-state index in [2.05, 4.69) is 4.98 Å². The summed E-state index contributed by atoms with van der Waals surface area (Å²) in [4.78, 5) is 5.10. The molecule has 0 spiro atoms. The summed E-state index contributed by atoms with van der Waals surface area (Å²) in [5.74, 6) is 1.59. The number of aryl methyl sites for hydroxylation is 1. The minimum Gasteiger partial charge on any atom is -0.440 e. The molecule has 2 aromatic heterocycles. The lowest BCUT2D eigenvalue weighted by atomic mass is 10.2. The van der Waals surface area contributed by atoms with Crippen LogP contribution >= 0.6 is 22.9 Å². The van der Waals surface area contributed by atoms with Gasteiger partial charge in [0.15, 0.2) is 11.7 Å². The Labute approximate surface area is 112 Å². The van der Waals surface area contributed by atoms with Crippen LogP contribution in [0.3, 0.4) is 0 Å². The van der Waals surface area contributed by atoms with E-state index in [4.69, 9.17) is 16.0 Å². The first-order valence-electron chi connectivity index (χ1n) is 5.46. The number of oxazole rings is 1. The Kier molecular flexibility index (Phi) is 3.06. The first-order chi connectivity index (χ1) is 8.76. The second-order valence-corrected chi connectivity index (χ2v) is 5.31. The van der Waals surface area contributed by atoms with Crippen molar-refractivity contribution in [3.05, 3.63) is 42.2 Å². The molecule has 0 radical (unpaired) electrons. The second kappa shape index (κ2) is 4.71. The van der Waals surface area contributed by atoms with Crippen molar-refractivity contribution in [3.63, 3.8) is 0 Å². The number of benzene rings is 1. The average molecular weight is 282 g/mol. The van der Waals surface area contributed by atoms with Gasteiger partial charge in [-0.3, -0.25) is 0 Å². The molecule has 18 heavy (non-hydrogen) atoms. The van der Waals surface area contributed by atoms with Crippen LogP contribution in [0.25, 0.3) is 20.7 Å². The van der Waals surface area contributed by atoms with Gasteiger partial charge in [-0.1, -0.05) is 6.07 Å². The Morgan fingerprint density at radius 3 is 3.06 bits per heavy atom. The summed E-state index contributed by atoms with van der Waals surface area (Å²) in [6.07, 6.45) is 2.30. The molecule has 0 N–H and O–H groups in total. The topological polar surface area (TPSA) is 26.0 Å². The van der Waals surface area contributed by atoms with Gasteiger partial charge in [0.05, 0.1) is 11.1 Å². The molecule has 0 amide bonds. The number of hydrogen-bond acceptors (Lipinski definition) is 3. The Morgan fingerprint density at radius 2 is 2.22 bits per heavy atom. The van der Waals surface area contributed by atoms with Crippen LogP contribution in [0.15, 0.2) is 34.9 Å². The van der Waals surface area contributed by atoms with Crippen molar-refractivity contribution in [2.75, 3.05) is 5.88 Å². The molecule has 0 aliphatic rings. The van der Waals surface area contributed by atoms with Crippen molar-refractivity contribution < 1.29 is 8.81 Å². The molecule has 2 nitrogen and oxygen atoms in total. The number of nitrogens with zero attached hydrogens (tertiary/aromatic N) is 1. The van der Waals surface area contributed by atoms with Gasteiger partial charge in [0.25, 0.3) is 0 Å². The van der Waals surface area contributed by atoms with E-state index in [1.807, 2.05) is 6.07 Å².